The highest BCUT2D eigenvalue weighted by Gasteiger charge is 2.26. The summed E-state index contributed by atoms with van der Waals surface area (Å²) in [6, 6.07) is 7.92. The predicted octanol–water partition coefficient (Wildman–Crippen LogP) is 2.42. The van der Waals surface area contributed by atoms with E-state index in [1.807, 2.05) is 35.4 Å². The third-order valence-electron chi connectivity index (χ3n) is 5.85. The number of amides is 1. The number of carbonyl (C=O) groups excluding carboxylic acids is 1. The third kappa shape index (κ3) is 4.17. The molecule has 6 nitrogen and oxygen atoms in total. The van der Waals surface area contributed by atoms with E-state index in [1.165, 1.54) is 0 Å². The molecule has 2 aliphatic heterocycles. The standard InChI is InChI=1S/C22H28N4O2/c1-25-11-9-17(14-25)22-23-13-18-15-26(12-10-20(18)24-22)21(27)8-5-16-3-6-19(28-2)7-4-16/h3-4,6-7,13,17H,5,8-12,14-15H2,1-2H3/t17-/m0/s1. The van der Waals surface area contributed by atoms with Crippen molar-refractivity contribution in [3.63, 3.8) is 0 Å². The summed E-state index contributed by atoms with van der Waals surface area (Å²) in [7, 11) is 3.80. The maximum absolute atomic E-state index is 12.7. The van der Waals surface area contributed by atoms with Crippen LogP contribution in [0.25, 0.3) is 0 Å². The minimum Gasteiger partial charge on any atom is -0.497 e. The lowest BCUT2D eigenvalue weighted by molar-refractivity contribution is -0.132. The fourth-order valence-corrected chi connectivity index (χ4v) is 4.09. The van der Waals surface area contributed by atoms with E-state index in [2.05, 4.69) is 16.9 Å². The van der Waals surface area contributed by atoms with Crippen LogP contribution in [0.15, 0.2) is 30.5 Å². The average molecular weight is 380 g/mol. The lowest BCUT2D eigenvalue weighted by atomic mass is 10.0. The molecule has 3 heterocycles. The molecule has 1 aromatic carbocycles. The Kier molecular flexibility index (Phi) is 5.57. The molecule has 148 valence electrons. The van der Waals surface area contributed by atoms with Gasteiger partial charge in [-0.25, -0.2) is 9.97 Å². The van der Waals surface area contributed by atoms with Gasteiger partial charge >= 0.3 is 0 Å². The van der Waals surface area contributed by atoms with E-state index in [-0.39, 0.29) is 5.91 Å². The highest BCUT2D eigenvalue weighted by atomic mass is 16.5. The van der Waals surface area contributed by atoms with Crippen LogP contribution < -0.4 is 4.74 Å². The number of likely N-dealkylation sites (N-methyl/N-ethyl adjacent to an activating group) is 1. The van der Waals surface area contributed by atoms with Gasteiger partial charge in [0.15, 0.2) is 0 Å². The molecule has 1 saturated heterocycles. The summed E-state index contributed by atoms with van der Waals surface area (Å²) in [6.07, 6.45) is 5.16. The summed E-state index contributed by atoms with van der Waals surface area (Å²) in [5.74, 6) is 2.45. The van der Waals surface area contributed by atoms with Gasteiger partial charge in [-0.1, -0.05) is 12.1 Å². The van der Waals surface area contributed by atoms with Crippen molar-refractivity contribution in [2.75, 3.05) is 33.8 Å². The maximum Gasteiger partial charge on any atom is 0.223 e. The SMILES string of the molecule is COc1ccc(CCC(=O)N2CCc3nc([C@H]4CCN(C)C4)ncc3C2)cc1. The second-order valence-corrected chi connectivity index (χ2v) is 7.86. The minimum absolute atomic E-state index is 0.197. The van der Waals surface area contributed by atoms with E-state index in [0.717, 1.165) is 67.3 Å². The Hall–Kier alpha value is -2.47. The van der Waals surface area contributed by atoms with Crippen molar-refractivity contribution in [2.24, 2.45) is 0 Å². The van der Waals surface area contributed by atoms with Crippen molar-refractivity contribution in [2.45, 2.75) is 38.1 Å². The highest BCUT2D eigenvalue weighted by Crippen LogP contribution is 2.25. The number of aromatic nitrogens is 2. The molecule has 1 aromatic heterocycles. The molecule has 2 aromatic rings. The first-order valence-electron chi connectivity index (χ1n) is 10.1. The Morgan fingerprint density at radius 2 is 2.07 bits per heavy atom. The lowest BCUT2D eigenvalue weighted by Crippen LogP contribution is -2.36. The fourth-order valence-electron chi connectivity index (χ4n) is 4.09. The molecular formula is C22H28N4O2. The van der Waals surface area contributed by atoms with Gasteiger partial charge in [0.1, 0.15) is 11.6 Å². The summed E-state index contributed by atoms with van der Waals surface area (Å²) in [5.41, 5.74) is 3.37. The van der Waals surface area contributed by atoms with E-state index in [9.17, 15) is 4.79 Å². The molecule has 4 rings (SSSR count). The van der Waals surface area contributed by atoms with E-state index in [4.69, 9.17) is 9.72 Å². The molecule has 0 spiro atoms. The van der Waals surface area contributed by atoms with Crippen LogP contribution in [0.3, 0.4) is 0 Å². The fraction of sp³-hybridized carbons (Fsp3) is 0.500. The number of carbonyl (C=O) groups is 1. The smallest absolute Gasteiger partial charge is 0.223 e. The number of likely N-dealkylation sites (tertiary alicyclic amines) is 1. The molecular weight excluding hydrogens is 352 g/mol. The Morgan fingerprint density at radius 3 is 2.79 bits per heavy atom. The molecule has 1 amide bonds. The van der Waals surface area contributed by atoms with Gasteiger partial charge in [0.05, 0.1) is 12.8 Å². The molecule has 2 aliphatic rings. The molecule has 28 heavy (non-hydrogen) atoms. The summed E-state index contributed by atoms with van der Waals surface area (Å²) in [5, 5.41) is 0. The Labute approximate surface area is 166 Å². The van der Waals surface area contributed by atoms with Gasteiger partial charge in [-0.15, -0.1) is 0 Å². The average Bonchev–Trinajstić information content (AvgIpc) is 3.18. The number of hydrogen-bond acceptors (Lipinski definition) is 5. The van der Waals surface area contributed by atoms with Gasteiger partial charge in [-0.2, -0.15) is 0 Å². The second kappa shape index (κ2) is 8.27. The molecule has 1 fully saturated rings. The zero-order valence-corrected chi connectivity index (χ0v) is 16.7. The van der Waals surface area contributed by atoms with E-state index in [0.29, 0.717) is 18.9 Å². The largest absolute Gasteiger partial charge is 0.497 e. The van der Waals surface area contributed by atoms with Gasteiger partial charge in [0.2, 0.25) is 5.91 Å². The van der Waals surface area contributed by atoms with Crippen molar-refractivity contribution in [1.82, 2.24) is 19.8 Å². The highest BCUT2D eigenvalue weighted by molar-refractivity contribution is 5.76. The summed E-state index contributed by atoms with van der Waals surface area (Å²) in [6.45, 7) is 3.52. The topological polar surface area (TPSA) is 58.6 Å². The first-order valence-corrected chi connectivity index (χ1v) is 10.1. The zero-order chi connectivity index (χ0) is 19.5. The number of benzene rings is 1. The number of fused-ring (bicyclic) bond motifs is 1. The quantitative estimate of drug-likeness (QED) is 0.797. The monoisotopic (exact) mass is 380 g/mol. The van der Waals surface area contributed by atoms with Crippen molar-refractivity contribution >= 4 is 5.91 Å². The van der Waals surface area contributed by atoms with Gasteiger partial charge < -0.3 is 14.5 Å². The molecule has 6 heteroatoms. The third-order valence-corrected chi connectivity index (χ3v) is 5.85. The number of hydrogen-bond donors (Lipinski definition) is 0. The van der Waals surface area contributed by atoms with Crippen LogP contribution in [0.1, 0.15) is 41.4 Å². The van der Waals surface area contributed by atoms with Gasteiger partial charge in [-0.3, -0.25) is 4.79 Å². The number of nitrogens with zero attached hydrogens (tertiary/aromatic N) is 4. The van der Waals surface area contributed by atoms with Crippen LogP contribution in [-0.4, -0.2) is 59.5 Å². The van der Waals surface area contributed by atoms with Crippen molar-refractivity contribution in [1.29, 1.82) is 0 Å². The second-order valence-electron chi connectivity index (χ2n) is 7.86. The van der Waals surface area contributed by atoms with Crippen LogP contribution in [0.5, 0.6) is 5.75 Å². The number of methoxy groups -OCH3 is 1. The molecule has 0 radical (unpaired) electrons. The summed E-state index contributed by atoms with van der Waals surface area (Å²) < 4.78 is 5.18. The molecule has 0 bridgehead atoms. The van der Waals surface area contributed by atoms with Gasteiger partial charge in [0.25, 0.3) is 0 Å². The van der Waals surface area contributed by atoms with Crippen LogP contribution in [0, 0.1) is 0 Å². The van der Waals surface area contributed by atoms with Crippen molar-refractivity contribution < 1.29 is 9.53 Å². The number of ether oxygens (including phenoxy) is 1. The Balaban J connectivity index is 1.34. The van der Waals surface area contributed by atoms with Crippen molar-refractivity contribution in [3.05, 3.63) is 53.1 Å². The minimum atomic E-state index is 0.197. The number of rotatable bonds is 5. The first-order chi connectivity index (χ1) is 13.6. The number of aryl methyl sites for hydroxylation is 1. The summed E-state index contributed by atoms with van der Waals surface area (Å²) in [4.78, 5) is 26.4. The van der Waals surface area contributed by atoms with E-state index in [1.54, 1.807) is 7.11 Å². The molecule has 1 atom stereocenters. The molecule has 0 saturated carbocycles. The summed E-state index contributed by atoms with van der Waals surface area (Å²) >= 11 is 0. The Bertz CT molecular complexity index is 837. The molecule has 0 unspecified atom stereocenters. The normalized spacial score (nSPS) is 19.5. The molecule has 0 aliphatic carbocycles. The van der Waals surface area contributed by atoms with Gasteiger partial charge in [-0.05, 0) is 44.1 Å². The van der Waals surface area contributed by atoms with E-state index >= 15 is 0 Å². The van der Waals surface area contributed by atoms with E-state index < -0.39 is 0 Å². The van der Waals surface area contributed by atoms with Gasteiger partial charge in [0, 0.05) is 50.2 Å². The lowest BCUT2D eigenvalue weighted by Gasteiger charge is -2.28. The zero-order valence-electron chi connectivity index (χ0n) is 16.7. The maximum atomic E-state index is 12.7. The Morgan fingerprint density at radius 1 is 1.25 bits per heavy atom. The van der Waals surface area contributed by atoms with Crippen LogP contribution in [0.4, 0.5) is 0 Å². The van der Waals surface area contributed by atoms with Crippen molar-refractivity contribution in [3.8, 4) is 5.75 Å². The van der Waals surface area contributed by atoms with Crippen LogP contribution in [-0.2, 0) is 24.2 Å². The first kappa shape index (κ1) is 18.9. The van der Waals surface area contributed by atoms with Crippen LogP contribution in [0.2, 0.25) is 0 Å². The predicted molar refractivity (Wildman–Crippen MR) is 107 cm³/mol. The molecule has 0 N–H and O–H groups in total. The van der Waals surface area contributed by atoms with Crippen LogP contribution >= 0.6 is 0 Å².